The zero-order valence-electron chi connectivity index (χ0n) is 13.3. The molecule has 0 fully saturated rings. The number of pyridine rings is 1. The molecule has 10 heteroatoms. The highest BCUT2D eigenvalue weighted by molar-refractivity contribution is 7.92. The molecule has 0 aliphatic carbocycles. The summed E-state index contributed by atoms with van der Waals surface area (Å²) >= 11 is 0. The van der Waals surface area contributed by atoms with E-state index < -0.39 is 10.0 Å². The molecule has 0 amide bonds. The van der Waals surface area contributed by atoms with Crippen LogP contribution in [-0.2, 0) is 24.1 Å². The lowest BCUT2D eigenvalue weighted by molar-refractivity contribution is 0.430. The van der Waals surface area contributed by atoms with Crippen molar-refractivity contribution in [2.24, 2.45) is 14.1 Å². The van der Waals surface area contributed by atoms with Gasteiger partial charge in [0.2, 0.25) is 5.88 Å². The molecular weight excluding hydrogens is 332 g/mol. The van der Waals surface area contributed by atoms with Crippen molar-refractivity contribution in [2.75, 3.05) is 4.72 Å². The summed E-state index contributed by atoms with van der Waals surface area (Å²) in [4.78, 5) is 4.02. The highest BCUT2D eigenvalue weighted by Crippen LogP contribution is 2.33. The van der Waals surface area contributed by atoms with Gasteiger partial charge in [0.25, 0.3) is 10.0 Å². The number of sulfonamides is 1. The average Bonchev–Trinajstić information content (AvgIpc) is 3.08. The Bertz CT molecular complexity index is 962. The second kappa shape index (κ2) is 5.96. The minimum atomic E-state index is -3.80. The fourth-order valence-corrected chi connectivity index (χ4v) is 3.22. The summed E-state index contributed by atoms with van der Waals surface area (Å²) in [6, 6.07) is 3.44. The number of rotatable bonds is 5. The van der Waals surface area contributed by atoms with Gasteiger partial charge in [0.05, 0.1) is 18.1 Å². The topological polar surface area (TPSA) is 104 Å². The van der Waals surface area contributed by atoms with Gasteiger partial charge >= 0.3 is 0 Å². The second-order valence-corrected chi connectivity index (χ2v) is 6.82. The summed E-state index contributed by atoms with van der Waals surface area (Å²) in [5, 5.41) is 8.09. The van der Waals surface area contributed by atoms with E-state index in [0.29, 0.717) is 11.4 Å². The number of aromatic nitrogens is 5. The van der Waals surface area contributed by atoms with Crippen molar-refractivity contribution in [1.82, 2.24) is 24.5 Å². The molecule has 0 saturated heterocycles. The van der Waals surface area contributed by atoms with Crippen LogP contribution >= 0.6 is 0 Å². The standard InChI is InChI=1S/C14H16N6O3S/c1-10-13(18-24(21,22)12-8-16-19(2)9-12)14(20(3)17-10)23-11-5-4-6-15-7-11/h4-9,18H,1-3H3. The molecule has 0 spiro atoms. The Morgan fingerprint density at radius 1 is 1.25 bits per heavy atom. The summed E-state index contributed by atoms with van der Waals surface area (Å²) in [7, 11) is -0.487. The smallest absolute Gasteiger partial charge is 0.265 e. The lowest BCUT2D eigenvalue weighted by Crippen LogP contribution is -2.13. The third kappa shape index (κ3) is 3.08. The maximum atomic E-state index is 12.5. The molecule has 0 radical (unpaired) electrons. The first kappa shape index (κ1) is 16.0. The Morgan fingerprint density at radius 3 is 2.67 bits per heavy atom. The Labute approximate surface area is 138 Å². The van der Waals surface area contributed by atoms with Gasteiger partial charge in [0.1, 0.15) is 16.3 Å². The van der Waals surface area contributed by atoms with E-state index in [9.17, 15) is 8.42 Å². The molecule has 1 N–H and O–H groups in total. The fourth-order valence-electron chi connectivity index (χ4n) is 2.12. The molecule has 0 aliphatic heterocycles. The van der Waals surface area contributed by atoms with E-state index in [1.165, 1.54) is 28.0 Å². The van der Waals surface area contributed by atoms with Crippen LogP contribution in [0.4, 0.5) is 5.69 Å². The van der Waals surface area contributed by atoms with Gasteiger partial charge in [-0.3, -0.25) is 14.4 Å². The number of anilines is 1. The minimum Gasteiger partial charge on any atom is -0.436 e. The Morgan fingerprint density at radius 2 is 2.04 bits per heavy atom. The van der Waals surface area contributed by atoms with Gasteiger partial charge in [0.15, 0.2) is 0 Å². The van der Waals surface area contributed by atoms with Crippen molar-refractivity contribution in [3.8, 4) is 11.6 Å². The maximum Gasteiger partial charge on any atom is 0.265 e. The third-order valence-corrected chi connectivity index (χ3v) is 4.55. The molecule has 0 unspecified atom stereocenters. The number of hydrogen-bond donors (Lipinski definition) is 1. The Kier molecular flexibility index (Phi) is 3.97. The second-order valence-electron chi connectivity index (χ2n) is 5.14. The van der Waals surface area contributed by atoms with Crippen molar-refractivity contribution in [3.05, 3.63) is 42.6 Å². The molecule has 9 nitrogen and oxygen atoms in total. The van der Waals surface area contributed by atoms with Crippen LogP contribution < -0.4 is 9.46 Å². The quantitative estimate of drug-likeness (QED) is 0.748. The van der Waals surface area contributed by atoms with E-state index >= 15 is 0 Å². The predicted molar refractivity (Wildman–Crippen MR) is 86.3 cm³/mol. The van der Waals surface area contributed by atoms with Crippen molar-refractivity contribution in [3.63, 3.8) is 0 Å². The molecule has 24 heavy (non-hydrogen) atoms. The lowest BCUT2D eigenvalue weighted by Gasteiger charge is -2.10. The molecular formula is C14H16N6O3S. The van der Waals surface area contributed by atoms with Crippen molar-refractivity contribution in [1.29, 1.82) is 0 Å². The van der Waals surface area contributed by atoms with Gasteiger partial charge in [-0.1, -0.05) is 0 Å². The molecule has 126 valence electrons. The maximum absolute atomic E-state index is 12.5. The van der Waals surface area contributed by atoms with E-state index in [1.807, 2.05) is 0 Å². The molecule has 3 aromatic heterocycles. The normalized spacial score (nSPS) is 11.5. The van der Waals surface area contributed by atoms with Crippen LogP contribution in [0.25, 0.3) is 0 Å². The molecule has 0 aliphatic rings. The minimum absolute atomic E-state index is 0.0561. The van der Waals surface area contributed by atoms with Crippen molar-refractivity contribution >= 4 is 15.7 Å². The van der Waals surface area contributed by atoms with Gasteiger partial charge in [-0.05, 0) is 19.1 Å². The van der Waals surface area contributed by atoms with Crippen LogP contribution in [0, 0.1) is 6.92 Å². The molecule has 3 aromatic rings. The number of aryl methyl sites for hydroxylation is 3. The SMILES string of the molecule is Cc1nn(C)c(Oc2cccnc2)c1NS(=O)(=O)c1cnn(C)c1. The van der Waals surface area contributed by atoms with Crippen LogP contribution in [0.5, 0.6) is 11.6 Å². The Balaban J connectivity index is 1.96. The van der Waals surface area contributed by atoms with Crippen LogP contribution in [0.15, 0.2) is 41.8 Å². The molecule has 0 bridgehead atoms. The molecule has 0 saturated carbocycles. The average molecular weight is 348 g/mol. The van der Waals surface area contributed by atoms with Gasteiger partial charge in [0, 0.05) is 26.5 Å². The largest absolute Gasteiger partial charge is 0.436 e. The van der Waals surface area contributed by atoms with E-state index in [2.05, 4.69) is 19.9 Å². The fraction of sp³-hybridized carbons (Fsp3) is 0.214. The van der Waals surface area contributed by atoms with Gasteiger partial charge in [-0.15, -0.1) is 0 Å². The number of nitrogens with zero attached hydrogens (tertiary/aromatic N) is 5. The van der Waals surface area contributed by atoms with E-state index in [1.54, 1.807) is 39.3 Å². The first-order chi connectivity index (χ1) is 11.4. The monoisotopic (exact) mass is 348 g/mol. The van der Waals surface area contributed by atoms with Gasteiger partial charge in [-0.2, -0.15) is 10.2 Å². The zero-order valence-corrected chi connectivity index (χ0v) is 14.1. The number of ether oxygens (including phenoxy) is 1. The Hall–Kier alpha value is -2.88. The molecule has 3 heterocycles. The number of hydrogen-bond acceptors (Lipinski definition) is 6. The van der Waals surface area contributed by atoms with E-state index in [4.69, 9.17) is 4.74 Å². The summed E-state index contributed by atoms with van der Waals surface area (Å²) < 4.78 is 36.2. The van der Waals surface area contributed by atoms with E-state index in [0.717, 1.165) is 0 Å². The van der Waals surface area contributed by atoms with Crippen LogP contribution in [-0.4, -0.2) is 33.0 Å². The van der Waals surface area contributed by atoms with Crippen molar-refractivity contribution in [2.45, 2.75) is 11.8 Å². The van der Waals surface area contributed by atoms with Crippen molar-refractivity contribution < 1.29 is 13.2 Å². The summed E-state index contributed by atoms with van der Waals surface area (Å²) in [6.45, 7) is 1.69. The van der Waals surface area contributed by atoms with E-state index in [-0.39, 0.29) is 16.5 Å². The highest BCUT2D eigenvalue weighted by atomic mass is 32.2. The predicted octanol–water partition coefficient (Wildman–Crippen LogP) is 1.45. The first-order valence-corrected chi connectivity index (χ1v) is 8.48. The summed E-state index contributed by atoms with van der Waals surface area (Å²) in [5.74, 6) is 0.746. The van der Waals surface area contributed by atoms with Gasteiger partial charge in [-0.25, -0.2) is 13.1 Å². The lowest BCUT2D eigenvalue weighted by atomic mass is 10.4. The molecule has 0 atom stereocenters. The van der Waals surface area contributed by atoms with Gasteiger partial charge < -0.3 is 4.74 Å². The number of nitrogens with one attached hydrogen (secondary N) is 1. The molecule has 0 aromatic carbocycles. The summed E-state index contributed by atoms with van der Waals surface area (Å²) in [5.41, 5.74) is 0.758. The third-order valence-electron chi connectivity index (χ3n) is 3.25. The van der Waals surface area contributed by atoms with Crippen LogP contribution in [0.3, 0.4) is 0 Å². The first-order valence-electron chi connectivity index (χ1n) is 7.00. The van der Waals surface area contributed by atoms with Crippen LogP contribution in [0.1, 0.15) is 5.69 Å². The highest BCUT2D eigenvalue weighted by Gasteiger charge is 2.23. The summed E-state index contributed by atoms with van der Waals surface area (Å²) in [6.07, 6.45) is 5.83. The van der Waals surface area contributed by atoms with Crippen LogP contribution in [0.2, 0.25) is 0 Å². The molecule has 3 rings (SSSR count). The zero-order chi connectivity index (χ0) is 17.3.